The molecule has 1 amide bonds. The number of benzene rings is 1. The Bertz CT molecular complexity index is 922. The van der Waals surface area contributed by atoms with Crippen LogP contribution in [0.2, 0.25) is 0 Å². The van der Waals surface area contributed by atoms with Gasteiger partial charge in [0.05, 0.1) is 11.5 Å². The minimum Gasteiger partial charge on any atom is -0.452 e. The molecular weight excluding hydrogens is 423 g/mol. The van der Waals surface area contributed by atoms with Gasteiger partial charge in [0, 0.05) is 25.0 Å². The number of amides is 1. The van der Waals surface area contributed by atoms with Crippen molar-refractivity contribution in [3.05, 3.63) is 53.7 Å². The third-order valence-electron chi connectivity index (χ3n) is 5.52. The number of halogens is 3. The Kier molecular flexibility index (Phi) is 7.37. The number of hydrogen-bond donors (Lipinski definition) is 1. The van der Waals surface area contributed by atoms with Gasteiger partial charge in [-0.15, -0.1) is 0 Å². The Labute approximate surface area is 184 Å². The van der Waals surface area contributed by atoms with Gasteiger partial charge >= 0.3 is 12.1 Å². The van der Waals surface area contributed by atoms with Crippen LogP contribution in [-0.2, 0) is 26.9 Å². The van der Waals surface area contributed by atoms with Crippen molar-refractivity contribution >= 4 is 23.4 Å². The van der Waals surface area contributed by atoms with E-state index in [0.29, 0.717) is 37.4 Å². The summed E-state index contributed by atoms with van der Waals surface area (Å²) in [6, 6.07) is 9.78. The third-order valence-corrected chi connectivity index (χ3v) is 5.52. The number of carbonyl (C=O) groups is 2. The second-order valence-corrected chi connectivity index (χ2v) is 7.78. The molecule has 0 bridgehead atoms. The number of aryl methyl sites for hydroxylation is 1. The summed E-state index contributed by atoms with van der Waals surface area (Å²) in [5, 5.41) is 2.73. The van der Waals surface area contributed by atoms with Crippen molar-refractivity contribution in [3.8, 4) is 0 Å². The van der Waals surface area contributed by atoms with Gasteiger partial charge in [-0.25, -0.2) is 4.98 Å². The molecule has 32 heavy (non-hydrogen) atoms. The molecule has 1 fully saturated rings. The predicted octanol–water partition coefficient (Wildman–Crippen LogP) is 4.45. The highest BCUT2D eigenvalue weighted by Gasteiger charge is 2.32. The van der Waals surface area contributed by atoms with E-state index in [1.165, 1.54) is 13.0 Å². The molecular formula is C23H26F3N3O3. The molecule has 3 rings (SSSR count). The number of rotatable bonds is 6. The monoisotopic (exact) mass is 449 g/mol. The van der Waals surface area contributed by atoms with Crippen molar-refractivity contribution < 1.29 is 27.5 Å². The van der Waals surface area contributed by atoms with E-state index in [2.05, 4.69) is 10.3 Å². The molecule has 6 nitrogen and oxygen atoms in total. The van der Waals surface area contributed by atoms with Gasteiger partial charge in [-0.05, 0) is 56.0 Å². The second kappa shape index (κ2) is 10.0. The first-order valence-electron chi connectivity index (χ1n) is 10.6. The van der Waals surface area contributed by atoms with Crippen LogP contribution in [0.3, 0.4) is 0 Å². The lowest BCUT2D eigenvalue weighted by atomic mass is 9.97. The van der Waals surface area contributed by atoms with E-state index in [1.807, 2.05) is 24.0 Å². The predicted molar refractivity (Wildman–Crippen MR) is 114 cm³/mol. The first-order chi connectivity index (χ1) is 15.2. The van der Waals surface area contributed by atoms with Gasteiger partial charge in [-0.2, -0.15) is 13.2 Å². The zero-order valence-corrected chi connectivity index (χ0v) is 18.0. The van der Waals surface area contributed by atoms with E-state index in [0.717, 1.165) is 24.2 Å². The zero-order valence-electron chi connectivity index (χ0n) is 18.0. The summed E-state index contributed by atoms with van der Waals surface area (Å²) < 4.78 is 43.4. The van der Waals surface area contributed by atoms with Crippen LogP contribution in [0.1, 0.15) is 37.8 Å². The number of aromatic nitrogens is 1. The number of alkyl halides is 3. The van der Waals surface area contributed by atoms with Gasteiger partial charge in [0.15, 0.2) is 6.10 Å². The van der Waals surface area contributed by atoms with E-state index in [-0.39, 0.29) is 5.92 Å². The van der Waals surface area contributed by atoms with Gasteiger partial charge in [0.1, 0.15) is 5.82 Å². The first-order valence-corrected chi connectivity index (χ1v) is 10.6. The Balaban J connectivity index is 1.47. The van der Waals surface area contributed by atoms with Crippen LogP contribution in [0, 0.1) is 5.92 Å². The van der Waals surface area contributed by atoms with Crippen LogP contribution in [0.4, 0.5) is 24.7 Å². The highest BCUT2D eigenvalue weighted by atomic mass is 19.4. The molecule has 2 aromatic rings. The summed E-state index contributed by atoms with van der Waals surface area (Å²) in [5.41, 5.74) is 0.987. The maximum Gasteiger partial charge on any atom is 0.417 e. The Morgan fingerprint density at radius 1 is 1.16 bits per heavy atom. The lowest BCUT2D eigenvalue weighted by Crippen LogP contribution is -2.39. The van der Waals surface area contributed by atoms with Gasteiger partial charge in [-0.3, -0.25) is 9.59 Å². The number of pyridine rings is 1. The van der Waals surface area contributed by atoms with Crippen molar-refractivity contribution in [2.24, 2.45) is 5.92 Å². The fourth-order valence-electron chi connectivity index (χ4n) is 3.48. The normalized spacial score (nSPS) is 15.8. The number of anilines is 2. The lowest BCUT2D eigenvalue weighted by Gasteiger charge is -2.32. The molecule has 0 spiro atoms. The van der Waals surface area contributed by atoms with Crippen molar-refractivity contribution in [3.63, 3.8) is 0 Å². The molecule has 0 radical (unpaired) electrons. The second-order valence-electron chi connectivity index (χ2n) is 7.78. The van der Waals surface area contributed by atoms with E-state index in [4.69, 9.17) is 4.74 Å². The summed E-state index contributed by atoms with van der Waals surface area (Å²) in [7, 11) is 0. The molecule has 2 heterocycles. The standard InChI is InChI=1S/C23H26F3N3O3/c1-3-16-4-7-19(8-5-16)28-21(30)15(2)32-22(31)17-10-12-29(13-11-17)20-9-6-18(14-27-20)23(24,25)26/h4-9,14-15,17H,3,10-13H2,1-2H3,(H,28,30)/t15-/m1/s1. The molecule has 172 valence electrons. The largest absolute Gasteiger partial charge is 0.452 e. The number of esters is 1. The SMILES string of the molecule is CCc1ccc(NC(=O)[C@@H](C)OC(=O)C2CCN(c3ccc(C(F)(F)F)cn3)CC2)cc1. The van der Waals surface area contributed by atoms with Crippen LogP contribution in [-0.4, -0.2) is 36.1 Å². The van der Waals surface area contributed by atoms with Crippen LogP contribution in [0.5, 0.6) is 0 Å². The van der Waals surface area contributed by atoms with E-state index < -0.39 is 29.7 Å². The fourth-order valence-corrected chi connectivity index (χ4v) is 3.48. The molecule has 1 aliphatic heterocycles. The molecule has 9 heteroatoms. The summed E-state index contributed by atoms with van der Waals surface area (Å²) in [6.45, 7) is 4.49. The van der Waals surface area contributed by atoms with Gasteiger partial charge < -0.3 is 15.0 Å². The van der Waals surface area contributed by atoms with Crippen molar-refractivity contribution in [1.82, 2.24) is 4.98 Å². The summed E-state index contributed by atoms with van der Waals surface area (Å²) in [5.74, 6) is -0.797. The molecule has 1 aliphatic rings. The quantitative estimate of drug-likeness (QED) is 0.660. The van der Waals surface area contributed by atoms with Crippen LogP contribution in [0.15, 0.2) is 42.6 Å². The third kappa shape index (κ3) is 5.99. The van der Waals surface area contributed by atoms with Gasteiger partial charge in [0.2, 0.25) is 0 Å². The number of nitrogens with one attached hydrogen (secondary N) is 1. The van der Waals surface area contributed by atoms with Crippen LogP contribution >= 0.6 is 0 Å². The minimum atomic E-state index is -4.43. The zero-order chi connectivity index (χ0) is 23.3. The fraction of sp³-hybridized carbons (Fsp3) is 0.435. The smallest absolute Gasteiger partial charge is 0.417 e. The summed E-state index contributed by atoms with van der Waals surface area (Å²) >= 11 is 0. The molecule has 1 aromatic carbocycles. The Hall–Kier alpha value is -3.10. The average Bonchev–Trinajstić information content (AvgIpc) is 2.79. The Morgan fingerprint density at radius 3 is 2.34 bits per heavy atom. The highest BCUT2D eigenvalue weighted by molar-refractivity contribution is 5.95. The van der Waals surface area contributed by atoms with Crippen molar-refractivity contribution in [2.45, 2.75) is 45.4 Å². The number of piperidine rings is 1. The highest BCUT2D eigenvalue weighted by Crippen LogP contribution is 2.30. The topological polar surface area (TPSA) is 71.5 Å². The molecule has 0 saturated carbocycles. The van der Waals surface area contributed by atoms with Crippen molar-refractivity contribution in [1.29, 1.82) is 0 Å². The lowest BCUT2D eigenvalue weighted by molar-refractivity contribution is -0.158. The summed E-state index contributed by atoms with van der Waals surface area (Å²) in [6.07, 6.45) is -2.72. The first kappa shape index (κ1) is 23.6. The number of hydrogen-bond acceptors (Lipinski definition) is 5. The number of nitrogens with zero attached hydrogens (tertiary/aromatic N) is 2. The molecule has 0 unspecified atom stereocenters. The molecule has 0 aliphatic carbocycles. The Morgan fingerprint density at radius 2 is 1.81 bits per heavy atom. The van der Waals surface area contributed by atoms with Gasteiger partial charge in [0.25, 0.3) is 5.91 Å². The minimum absolute atomic E-state index is 0.375. The van der Waals surface area contributed by atoms with Crippen LogP contribution in [0.25, 0.3) is 0 Å². The van der Waals surface area contributed by atoms with Crippen molar-refractivity contribution in [2.75, 3.05) is 23.3 Å². The van der Waals surface area contributed by atoms with E-state index in [9.17, 15) is 22.8 Å². The average molecular weight is 449 g/mol. The molecule has 1 saturated heterocycles. The molecule has 1 aromatic heterocycles. The number of carbonyl (C=O) groups excluding carboxylic acids is 2. The maximum absolute atomic E-state index is 12.7. The molecule has 1 atom stereocenters. The summed E-state index contributed by atoms with van der Waals surface area (Å²) in [4.78, 5) is 30.6. The van der Waals surface area contributed by atoms with E-state index in [1.54, 1.807) is 12.1 Å². The maximum atomic E-state index is 12.7. The van der Waals surface area contributed by atoms with E-state index >= 15 is 0 Å². The molecule has 1 N–H and O–H groups in total. The van der Waals surface area contributed by atoms with Crippen LogP contribution < -0.4 is 10.2 Å². The van der Waals surface area contributed by atoms with Gasteiger partial charge in [-0.1, -0.05) is 19.1 Å². The number of ether oxygens (including phenoxy) is 1.